The van der Waals surface area contributed by atoms with Crippen molar-refractivity contribution in [1.29, 1.82) is 0 Å². The van der Waals surface area contributed by atoms with Crippen molar-refractivity contribution in [3.63, 3.8) is 0 Å². The highest BCUT2D eigenvalue weighted by Gasteiger charge is 2.25. The van der Waals surface area contributed by atoms with Crippen molar-refractivity contribution in [3.05, 3.63) is 65.6 Å². The Morgan fingerprint density at radius 1 is 1.06 bits per heavy atom. The van der Waals surface area contributed by atoms with Crippen LogP contribution in [0.15, 0.2) is 42.6 Å². The van der Waals surface area contributed by atoms with Gasteiger partial charge in [0.2, 0.25) is 0 Å². The number of halogens is 2. The molecule has 2 aromatic carbocycles. The summed E-state index contributed by atoms with van der Waals surface area (Å²) in [5.41, 5.74) is 3.32. The summed E-state index contributed by atoms with van der Waals surface area (Å²) < 4.78 is 35.4. The Bertz CT molecular complexity index is 1190. The first kappa shape index (κ1) is 23.5. The molecule has 184 valence electrons. The standard InChI is InChI=1S/C27H31F2N5O/c1-18(2)34-11-12-35-27-22(28)15-20(16-24(27)34)26-23(29)17-31-25(32-26)14-19-5-3-6-21(13-19)33-9-4-7-30-8-10-33/h3,5-6,13,15-18,30H,4,7-12,14H2,1-2H3. The highest BCUT2D eigenvalue weighted by Crippen LogP contribution is 2.39. The summed E-state index contributed by atoms with van der Waals surface area (Å²) in [7, 11) is 0. The molecule has 5 rings (SSSR count). The summed E-state index contributed by atoms with van der Waals surface area (Å²) in [6.45, 7) is 9.11. The Hall–Kier alpha value is -3.26. The molecule has 35 heavy (non-hydrogen) atoms. The summed E-state index contributed by atoms with van der Waals surface area (Å²) in [6.07, 6.45) is 2.74. The minimum atomic E-state index is -0.577. The van der Waals surface area contributed by atoms with Crippen LogP contribution in [0.5, 0.6) is 5.75 Å². The number of anilines is 2. The SMILES string of the molecule is CC(C)N1CCOc2c(F)cc(-c3nc(Cc4cccc(N5CCCNCC5)c4)ncc3F)cc21. The lowest BCUT2D eigenvalue weighted by atomic mass is 10.1. The number of rotatable bonds is 5. The fourth-order valence-corrected chi connectivity index (χ4v) is 4.82. The smallest absolute Gasteiger partial charge is 0.178 e. The van der Waals surface area contributed by atoms with Crippen molar-refractivity contribution >= 4 is 11.4 Å². The molecule has 0 aliphatic carbocycles. The Labute approximate surface area is 205 Å². The number of hydrogen-bond acceptors (Lipinski definition) is 6. The van der Waals surface area contributed by atoms with Gasteiger partial charge in [0.25, 0.3) is 0 Å². The van der Waals surface area contributed by atoms with E-state index < -0.39 is 11.6 Å². The molecule has 1 aromatic heterocycles. The number of ether oxygens (including phenoxy) is 1. The van der Waals surface area contributed by atoms with Gasteiger partial charge in [0.15, 0.2) is 17.4 Å². The third-order valence-electron chi connectivity index (χ3n) is 6.58. The summed E-state index contributed by atoms with van der Waals surface area (Å²) in [5, 5.41) is 3.43. The summed E-state index contributed by atoms with van der Waals surface area (Å²) in [4.78, 5) is 13.2. The minimum Gasteiger partial charge on any atom is -0.486 e. The molecule has 1 N–H and O–H groups in total. The first-order valence-electron chi connectivity index (χ1n) is 12.3. The Morgan fingerprint density at radius 3 is 2.80 bits per heavy atom. The maximum atomic E-state index is 15.0. The van der Waals surface area contributed by atoms with Gasteiger partial charge in [0, 0.05) is 43.3 Å². The lowest BCUT2D eigenvalue weighted by Gasteiger charge is -2.34. The zero-order valence-electron chi connectivity index (χ0n) is 20.2. The quantitative estimate of drug-likeness (QED) is 0.585. The molecule has 6 nitrogen and oxygen atoms in total. The van der Waals surface area contributed by atoms with Crippen molar-refractivity contribution in [2.45, 2.75) is 32.7 Å². The highest BCUT2D eigenvalue weighted by atomic mass is 19.1. The van der Waals surface area contributed by atoms with Gasteiger partial charge in [-0.3, -0.25) is 0 Å². The van der Waals surface area contributed by atoms with E-state index in [2.05, 4.69) is 37.2 Å². The molecular formula is C27H31F2N5O. The predicted octanol–water partition coefficient (Wildman–Crippen LogP) is 4.42. The Kier molecular flexibility index (Phi) is 6.81. The third-order valence-corrected chi connectivity index (χ3v) is 6.58. The average molecular weight is 480 g/mol. The van der Waals surface area contributed by atoms with Gasteiger partial charge in [0.1, 0.15) is 18.1 Å². The number of aromatic nitrogens is 2. The summed E-state index contributed by atoms with van der Waals surface area (Å²) in [6, 6.07) is 11.5. The van der Waals surface area contributed by atoms with Gasteiger partial charge in [-0.25, -0.2) is 18.7 Å². The normalized spacial score (nSPS) is 16.1. The van der Waals surface area contributed by atoms with Gasteiger partial charge in [0.05, 0.1) is 18.4 Å². The molecule has 1 fully saturated rings. The average Bonchev–Trinajstić information content (AvgIpc) is 3.15. The monoisotopic (exact) mass is 479 g/mol. The van der Waals surface area contributed by atoms with Crippen molar-refractivity contribution in [1.82, 2.24) is 15.3 Å². The highest BCUT2D eigenvalue weighted by molar-refractivity contribution is 5.72. The Morgan fingerprint density at radius 2 is 1.94 bits per heavy atom. The van der Waals surface area contributed by atoms with Crippen LogP contribution in [0, 0.1) is 11.6 Å². The van der Waals surface area contributed by atoms with Crippen molar-refractivity contribution < 1.29 is 13.5 Å². The molecule has 0 saturated carbocycles. The molecule has 0 radical (unpaired) electrons. The molecule has 0 atom stereocenters. The molecule has 0 unspecified atom stereocenters. The minimum absolute atomic E-state index is 0.0979. The molecule has 3 heterocycles. The molecule has 3 aromatic rings. The van der Waals surface area contributed by atoms with Crippen LogP contribution in [0.4, 0.5) is 20.2 Å². The van der Waals surface area contributed by atoms with Crippen LogP contribution < -0.4 is 19.9 Å². The van der Waals surface area contributed by atoms with Crippen LogP contribution >= 0.6 is 0 Å². The summed E-state index contributed by atoms with van der Waals surface area (Å²) in [5.74, 6) is -0.385. The van der Waals surface area contributed by atoms with Gasteiger partial charge in [-0.1, -0.05) is 12.1 Å². The van der Waals surface area contributed by atoms with Crippen LogP contribution in [0.1, 0.15) is 31.7 Å². The van der Waals surface area contributed by atoms with Crippen LogP contribution in [0.2, 0.25) is 0 Å². The first-order valence-corrected chi connectivity index (χ1v) is 12.3. The number of benzene rings is 2. The van der Waals surface area contributed by atoms with Crippen molar-refractivity contribution in [2.75, 3.05) is 49.1 Å². The maximum absolute atomic E-state index is 15.0. The van der Waals surface area contributed by atoms with Crippen molar-refractivity contribution in [3.8, 4) is 17.0 Å². The van der Waals surface area contributed by atoms with E-state index in [4.69, 9.17) is 4.74 Å². The molecule has 2 aliphatic rings. The van der Waals surface area contributed by atoms with E-state index in [-0.39, 0.29) is 17.5 Å². The van der Waals surface area contributed by atoms with Crippen LogP contribution in [0.25, 0.3) is 11.3 Å². The van der Waals surface area contributed by atoms with Gasteiger partial charge >= 0.3 is 0 Å². The van der Waals surface area contributed by atoms with E-state index >= 15 is 0 Å². The van der Waals surface area contributed by atoms with Crippen LogP contribution in [0.3, 0.4) is 0 Å². The predicted molar refractivity (Wildman–Crippen MR) is 134 cm³/mol. The second-order valence-electron chi connectivity index (χ2n) is 9.36. The fraction of sp³-hybridized carbons (Fsp3) is 0.407. The van der Waals surface area contributed by atoms with Crippen LogP contribution in [-0.2, 0) is 6.42 Å². The van der Waals surface area contributed by atoms with E-state index in [9.17, 15) is 8.78 Å². The molecule has 2 aliphatic heterocycles. The van der Waals surface area contributed by atoms with Crippen molar-refractivity contribution in [2.24, 2.45) is 0 Å². The molecular weight excluding hydrogens is 448 g/mol. The van der Waals surface area contributed by atoms with E-state index in [0.717, 1.165) is 38.2 Å². The second kappa shape index (κ2) is 10.2. The van der Waals surface area contributed by atoms with Crippen LogP contribution in [-0.4, -0.2) is 55.3 Å². The van der Waals surface area contributed by atoms with E-state index in [1.54, 1.807) is 6.07 Å². The zero-order valence-corrected chi connectivity index (χ0v) is 20.2. The molecule has 0 bridgehead atoms. The van der Waals surface area contributed by atoms with Gasteiger partial charge in [-0.2, -0.15) is 0 Å². The second-order valence-corrected chi connectivity index (χ2v) is 9.36. The van der Waals surface area contributed by atoms with E-state index in [0.29, 0.717) is 36.6 Å². The lowest BCUT2D eigenvalue weighted by molar-refractivity contribution is 0.287. The maximum Gasteiger partial charge on any atom is 0.178 e. The molecule has 0 amide bonds. The largest absolute Gasteiger partial charge is 0.486 e. The third kappa shape index (κ3) is 5.07. The first-order chi connectivity index (χ1) is 17.0. The molecule has 8 heteroatoms. The van der Waals surface area contributed by atoms with Gasteiger partial charge in [-0.15, -0.1) is 0 Å². The fourth-order valence-electron chi connectivity index (χ4n) is 4.82. The van der Waals surface area contributed by atoms with Gasteiger partial charge < -0.3 is 19.9 Å². The number of nitrogens with zero attached hydrogens (tertiary/aromatic N) is 4. The molecule has 0 spiro atoms. The summed E-state index contributed by atoms with van der Waals surface area (Å²) >= 11 is 0. The topological polar surface area (TPSA) is 53.5 Å². The number of nitrogens with one attached hydrogen (secondary N) is 1. The number of hydrogen-bond donors (Lipinski definition) is 1. The molecule has 1 saturated heterocycles. The van der Waals surface area contributed by atoms with Gasteiger partial charge in [-0.05, 0) is 56.6 Å². The van der Waals surface area contributed by atoms with E-state index in [1.807, 2.05) is 26.0 Å². The Balaban J connectivity index is 1.44. The lowest BCUT2D eigenvalue weighted by Crippen LogP contribution is -2.38. The van der Waals surface area contributed by atoms with E-state index in [1.165, 1.54) is 18.0 Å². The number of fused-ring (bicyclic) bond motifs is 1. The zero-order chi connectivity index (χ0) is 24.4.